The van der Waals surface area contributed by atoms with Crippen LogP contribution in [0.15, 0.2) is 27.4 Å². The summed E-state index contributed by atoms with van der Waals surface area (Å²) in [4.78, 5) is 0. The summed E-state index contributed by atoms with van der Waals surface area (Å²) < 4.78 is 1.29. The Morgan fingerprint density at radius 2 is 2.31 bits per heavy atom. The van der Waals surface area contributed by atoms with Crippen molar-refractivity contribution in [3.8, 4) is 0 Å². The standard InChI is InChI=1S/C14H19BrS/c1-10-5-4-7-14(2,3)12(10)9-11-6-8-16-13(11)15/h6,8,12H,1,4-5,7,9H2,2-3H3. The van der Waals surface area contributed by atoms with Crippen molar-refractivity contribution in [3.05, 3.63) is 32.9 Å². The van der Waals surface area contributed by atoms with Crippen LogP contribution in [-0.2, 0) is 6.42 Å². The number of halogens is 1. The average molecular weight is 299 g/mol. The second-order valence-electron chi connectivity index (χ2n) is 5.48. The lowest BCUT2D eigenvalue weighted by atomic mass is 9.65. The van der Waals surface area contributed by atoms with Crippen molar-refractivity contribution in [2.24, 2.45) is 11.3 Å². The molecule has 1 saturated carbocycles. The molecule has 16 heavy (non-hydrogen) atoms. The molecule has 0 N–H and O–H groups in total. The van der Waals surface area contributed by atoms with Crippen LogP contribution in [0.4, 0.5) is 0 Å². The Morgan fingerprint density at radius 3 is 2.88 bits per heavy atom. The van der Waals surface area contributed by atoms with Gasteiger partial charge in [-0.2, -0.15) is 0 Å². The number of hydrogen-bond donors (Lipinski definition) is 0. The molecule has 1 aliphatic rings. The molecule has 2 heteroatoms. The molecule has 1 aromatic heterocycles. The molecule has 1 heterocycles. The highest BCUT2D eigenvalue weighted by atomic mass is 79.9. The quantitative estimate of drug-likeness (QED) is 0.638. The maximum Gasteiger partial charge on any atom is 0.0730 e. The van der Waals surface area contributed by atoms with Crippen LogP contribution in [0.3, 0.4) is 0 Å². The molecule has 88 valence electrons. The number of hydrogen-bond acceptors (Lipinski definition) is 1. The zero-order valence-corrected chi connectivity index (χ0v) is 12.5. The summed E-state index contributed by atoms with van der Waals surface area (Å²) in [6, 6.07) is 2.24. The molecular formula is C14H19BrS. The Balaban J connectivity index is 2.18. The van der Waals surface area contributed by atoms with Crippen LogP contribution < -0.4 is 0 Å². The molecule has 0 amide bonds. The third kappa shape index (κ3) is 2.43. The van der Waals surface area contributed by atoms with Crippen molar-refractivity contribution in [1.29, 1.82) is 0 Å². The lowest BCUT2D eigenvalue weighted by Crippen LogP contribution is -2.31. The van der Waals surface area contributed by atoms with Crippen LogP contribution >= 0.6 is 27.3 Å². The third-order valence-electron chi connectivity index (χ3n) is 3.87. The smallest absolute Gasteiger partial charge is 0.0730 e. The van der Waals surface area contributed by atoms with Crippen LogP contribution in [0.2, 0.25) is 0 Å². The van der Waals surface area contributed by atoms with E-state index in [1.54, 1.807) is 11.3 Å². The summed E-state index contributed by atoms with van der Waals surface area (Å²) in [5, 5.41) is 2.16. The van der Waals surface area contributed by atoms with Gasteiger partial charge in [0.25, 0.3) is 0 Å². The Morgan fingerprint density at radius 1 is 1.56 bits per heavy atom. The second-order valence-corrected chi connectivity index (χ2v) is 7.71. The first kappa shape index (κ1) is 12.4. The van der Waals surface area contributed by atoms with Gasteiger partial charge in [-0.15, -0.1) is 11.3 Å². The molecule has 0 saturated heterocycles. The lowest BCUT2D eigenvalue weighted by molar-refractivity contribution is 0.189. The highest BCUT2D eigenvalue weighted by molar-refractivity contribution is 9.11. The van der Waals surface area contributed by atoms with Crippen molar-refractivity contribution in [1.82, 2.24) is 0 Å². The predicted molar refractivity (Wildman–Crippen MR) is 76.0 cm³/mol. The van der Waals surface area contributed by atoms with Gasteiger partial charge in [0, 0.05) is 0 Å². The van der Waals surface area contributed by atoms with Gasteiger partial charge in [0.2, 0.25) is 0 Å². The Hall–Kier alpha value is -0.0800. The summed E-state index contributed by atoms with van der Waals surface area (Å²) in [6.45, 7) is 9.07. The van der Waals surface area contributed by atoms with Crippen LogP contribution in [-0.4, -0.2) is 0 Å². The molecule has 1 atom stereocenters. The maximum absolute atomic E-state index is 4.29. The summed E-state index contributed by atoms with van der Waals surface area (Å²) in [7, 11) is 0. The summed E-state index contributed by atoms with van der Waals surface area (Å²) in [5.41, 5.74) is 3.32. The van der Waals surface area contributed by atoms with E-state index in [1.807, 2.05) is 0 Å². The highest BCUT2D eigenvalue weighted by Crippen LogP contribution is 2.45. The minimum absolute atomic E-state index is 0.413. The average Bonchev–Trinajstić information content (AvgIpc) is 2.58. The van der Waals surface area contributed by atoms with Gasteiger partial charge in [-0.05, 0) is 70.0 Å². The van der Waals surface area contributed by atoms with Crippen molar-refractivity contribution in [2.75, 3.05) is 0 Å². The molecule has 0 radical (unpaired) electrons. The second kappa shape index (κ2) is 4.66. The van der Waals surface area contributed by atoms with Gasteiger partial charge in [-0.1, -0.05) is 26.0 Å². The van der Waals surface area contributed by atoms with Gasteiger partial charge in [-0.25, -0.2) is 0 Å². The van der Waals surface area contributed by atoms with Gasteiger partial charge in [0.05, 0.1) is 3.79 Å². The van der Waals surface area contributed by atoms with E-state index in [0.29, 0.717) is 11.3 Å². The molecule has 0 aromatic carbocycles. The fourth-order valence-corrected chi connectivity index (χ4v) is 4.05. The van der Waals surface area contributed by atoms with Crippen LogP contribution in [0.25, 0.3) is 0 Å². The molecule has 0 nitrogen and oxygen atoms in total. The van der Waals surface area contributed by atoms with E-state index in [-0.39, 0.29) is 0 Å². The summed E-state index contributed by atoms with van der Waals surface area (Å²) in [5.74, 6) is 0.646. The van der Waals surface area contributed by atoms with Gasteiger partial charge >= 0.3 is 0 Å². The minimum Gasteiger partial charge on any atom is -0.137 e. The summed E-state index contributed by atoms with van der Waals surface area (Å²) >= 11 is 5.42. The molecule has 1 aliphatic carbocycles. The van der Waals surface area contributed by atoms with Crippen molar-refractivity contribution >= 4 is 27.3 Å². The molecule has 0 spiro atoms. The zero-order valence-electron chi connectivity index (χ0n) is 10.1. The monoisotopic (exact) mass is 298 g/mol. The first-order chi connectivity index (χ1) is 7.50. The Bertz CT molecular complexity index is 389. The Kier molecular flexibility index (Phi) is 3.60. The zero-order chi connectivity index (χ0) is 11.8. The van der Waals surface area contributed by atoms with E-state index in [2.05, 4.69) is 47.8 Å². The summed E-state index contributed by atoms with van der Waals surface area (Å²) in [6.07, 6.45) is 5.01. The van der Waals surface area contributed by atoms with Crippen LogP contribution in [0.5, 0.6) is 0 Å². The third-order valence-corrected chi connectivity index (χ3v) is 5.68. The fraction of sp³-hybridized carbons (Fsp3) is 0.571. The van der Waals surface area contributed by atoms with Gasteiger partial charge in [-0.3, -0.25) is 0 Å². The Labute approximate surface area is 111 Å². The van der Waals surface area contributed by atoms with Crippen molar-refractivity contribution in [3.63, 3.8) is 0 Å². The van der Waals surface area contributed by atoms with E-state index in [4.69, 9.17) is 0 Å². The van der Waals surface area contributed by atoms with Crippen LogP contribution in [0, 0.1) is 11.3 Å². The normalized spacial score (nSPS) is 24.7. The molecule has 1 fully saturated rings. The number of allylic oxidation sites excluding steroid dienone is 1. The highest BCUT2D eigenvalue weighted by Gasteiger charge is 2.34. The van der Waals surface area contributed by atoms with E-state index in [9.17, 15) is 0 Å². The van der Waals surface area contributed by atoms with E-state index < -0.39 is 0 Å². The molecular weight excluding hydrogens is 280 g/mol. The molecule has 0 bridgehead atoms. The fourth-order valence-electron chi connectivity index (χ4n) is 2.78. The largest absolute Gasteiger partial charge is 0.137 e. The van der Waals surface area contributed by atoms with Gasteiger partial charge in [0.1, 0.15) is 0 Å². The first-order valence-corrected chi connectivity index (χ1v) is 7.57. The van der Waals surface area contributed by atoms with Crippen molar-refractivity contribution in [2.45, 2.75) is 39.5 Å². The topological polar surface area (TPSA) is 0 Å². The van der Waals surface area contributed by atoms with E-state index in [0.717, 1.165) is 6.42 Å². The number of rotatable bonds is 2. The van der Waals surface area contributed by atoms with Gasteiger partial charge < -0.3 is 0 Å². The molecule has 1 aromatic rings. The maximum atomic E-state index is 4.29. The molecule has 1 unspecified atom stereocenters. The lowest BCUT2D eigenvalue weighted by Gasteiger charge is -2.40. The van der Waals surface area contributed by atoms with Crippen molar-refractivity contribution < 1.29 is 0 Å². The molecule has 0 aliphatic heterocycles. The first-order valence-electron chi connectivity index (χ1n) is 5.90. The van der Waals surface area contributed by atoms with E-state index >= 15 is 0 Å². The van der Waals surface area contributed by atoms with Crippen LogP contribution in [0.1, 0.15) is 38.7 Å². The predicted octanol–water partition coefficient (Wildman–Crippen LogP) is 5.44. The van der Waals surface area contributed by atoms with E-state index in [1.165, 1.54) is 34.2 Å². The number of thiophene rings is 1. The minimum atomic E-state index is 0.413. The SMILES string of the molecule is C=C1CCCC(C)(C)C1Cc1ccsc1Br. The van der Waals surface area contributed by atoms with Gasteiger partial charge in [0.15, 0.2) is 0 Å². The molecule has 2 rings (SSSR count).